The fraction of sp³-hybridized carbons (Fsp3) is 0.562. The first kappa shape index (κ1) is 20.0. The van der Waals surface area contributed by atoms with Gasteiger partial charge in [0.05, 0.1) is 11.1 Å². The molecule has 23 heavy (non-hydrogen) atoms. The quantitative estimate of drug-likeness (QED) is 0.843. The zero-order valence-corrected chi connectivity index (χ0v) is 15.2. The van der Waals surface area contributed by atoms with Gasteiger partial charge in [0, 0.05) is 12.8 Å². The Hall–Kier alpha value is -1.01. The SMILES string of the molecule is COC1(C(=O)Nc2ccc(OC(C)C)c(Cl)c2)CCNCC1.Cl. The fourth-order valence-corrected chi connectivity index (χ4v) is 2.75. The first-order valence-electron chi connectivity index (χ1n) is 7.50. The fourth-order valence-electron chi connectivity index (χ4n) is 2.53. The van der Waals surface area contributed by atoms with E-state index in [-0.39, 0.29) is 24.4 Å². The second kappa shape index (κ2) is 8.73. The van der Waals surface area contributed by atoms with Crippen molar-refractivity contribution in [2.24, 2.45) is 0 Å². The summed E-state index contributed by atoms with van der Waals surface area (Å²) in [5.74, 6) is 0.475. The van der Waals surface area contributed by atoms with Gasteiger partial charge in [-0.2, -0.15) is 0 Å². The van der Waals surface area contributed by atoms with Crippen LogP contribution < -0.4 is 15.4 Å². The number of amides is 1. The second-order valence-corrected chi connectivity index (χ2v) is 6.12. The molecule has 1 aliphatic heterocycles. The predicted molar refractivity (Wildman–Crippen MR) is 94.9 cm³/mol. The molecular formula is C16H24Cl2N2O3. The summed E-state index contributed by atoms with van der Waals surface area (Å²) < 4.78 is 11.1. The summed E-state index contributed by atoms with van der Waals surface area (Å²) in [7, 11) is 1.58. The Kier molecular flexibility index (Phi) is 7.61. The van der Waals surface area contributed by atoms with E-state index in [4.69, 9.17) is 21.1 Å². The first-order valence-corrected chi connectivity index (χ1v) is 7.88. The van der Waals surface area contributed by atoms with Gasteiger partial charge in [0.1, 0.15) is 11.4 Å². The van der Waals surface area contributed by atoms with Gasteiger partial charge >= 0.3 is 0 Å². The number of hydrogen-bond donors (Lipinski definition) is 2. The Morgan fingerprint density at radius 2 is 2.00 bits per heavy atom. The molecule has 1 fully saturated rings. The average molecular weight is 363 g/mol. The lowest BCUT2D eigenvalue weighted by atomic mass is 9.91. The monoisotopic (exact) mass is 362 g/mol. The summed E-state index contributed by atoms with van der Waals surface area (Å²) in [6.07, 6.45) is 1.35. The van der Waals surface area contributed by atoms with Gasteiger partial charge in [0.25, 0.3) is 5.91 Å². The van der Waals surface area contributed by atoms with E-state index < -0.39 is 5.60 Å². The highest BCUT2D eigenvalue weighted by molar-refractivity contribution is 6.32. The van der Waals surface area contributed by atoms with Crippen molar-refractivity contribution < 1.29 is 14.3 Å². The van der Waals surface area contributed by atoms with Crippen LogP contribution in [-0.2, 0) is 9.53 Å². The molecule has 0 saturated carbocycles. The molecule has 1 heterocycles. The number of hydrogen-bond acceptors (Lipinski definition) is 4. The molecule has 0 atom stereocenters. The van der Waals surface area contributed by atoms with Crippen LogP contribution in [-0.4, -0.2) is 37.8 Å². The Morgan fingerprint density at radius 3 is 2.52 bits per heavy atom. The number of carbonyl (C=O) groups excluding carboxylic acids is 1. The highest BCUT2D eigenvalue weighted by Gasteiger charge is 2.39. The first-order chi connectivity index (χ1) is 10.5. The highest BCUT2D eigenvalue weighted by Crippen LogP contribution is 2.30. The van der Waals surface area contributed by atoms with Crippen LogP contribution in [0.2, 0.25) is 5.02 Å². The normalized spacial score (nSPS) is 16.6. The summed E-state index contributed by atoms with van der Waals surface area (Å²) in [5, 5.41) is 6.60. The molecule has 1 saturated heterocycles. The van der Waals surface area contributed by atoms with Crippen LogP contribution in [0.25, 0.3) is 0 Å². The molecule has 7 heteroatoms. The van der Waals surface area contributed by atoms with E-state index >= 15 is 0 Å². The van der Waals surface area contributed by atoms with Crippen LogP contribution in [0.15, 0.2) is 18.2 Å². The molecule has 1 amide bonds. The summed E-state index contributed by atoms with van der Waals surface area (Å²) in [6.45, 7) is 5.41. The number of halogens is 2. The van der Waals surface area contributed by atoms with Crippen molar-refractivity contribution >= 4 is 35.6 Å². The molecule has 1 aliphatic rings. The molecule has 130 valence electrons. The van der Waals surface area contributed by atoms with E-state index in [1.807, 2.05) is 13.8 Å². The molecule has 1 aromatic carbocycles. The molecule has 0 unspecified atom stereocenters. The minimum atomic E-state index is -0.773. The maximum atomic E-state index is 12.6. The minimum Gasteiger partial charge on any atom is -0.489 e. The zero-order chi connectivity index (χ0) is 16.2. The molecular weight excluding hydrogens is 339 g/mol. The number of carbonyl (C=O) groups is 1. The summed E-state index contributed by atoms with van der Waals surface area (Å²) in [4.78, 5) is 12.6. The van der Waals surface area contributed by atoms with E-state index in [0.29, 0.717) is 29.3 Å². The van der Waals surface area contributed by atoms with Crippen LogP contribution in [0.5, 0.6) is 5.75 Å². The van der Waals surface area contributed by atoms with Crippen LogP contribution in [0, 0.1) is 0 Å². The van der Waals surface area contributed by atoms with Gasteiger partial charge < -0.3 is 20.1 Å². The van der Waals surface area contributed by atoms with Crippen molar-refractivity contribution in [2.45, 2.75) is 38.4 Å². The van der Waals surface area contributed by atoms with Gasteiger partial charge in [-0.1, -0.05) is 11.6 Å². The topological polar surface area (TPSA) is 59.6 Å². The van der Waals surface area contributed by atoms with Crippen molar-refractivity contribution in [3.05, 3.63) is 23.2 Å². The summed E-state index contributed by atoms with van der Waals surface area (Å²) >= 11 is 6.19. The van der Waals surface area contributed by atoms with Crippen LogP contribution in [0.1, 0.15) is 26.7 Å². The molecule has 2 N–H and O–H groups in total. The molecule has 2 rings (SSSR count). The second-order valence-electron chi connectivity index (χ2n) is 5.71. The molecule has 0 aliphatic carbocycles. The molecule has 5 nitrogen and oxygen atoms in total. The molecule has 0 radical (unpaired) electrons. The van der Waals surface area contributed by atoms with Crippen molar-refractivity contribution in [3.63, 3.8) is 0 Å². The molecule has 1 aromatic rings. The third-order valence-corrected chi connectivity index (χ3v) is 4.06. The average Bonchev–Trinajstić information content (AvgIpc) is 2.50. The highest BCUT2D eigenvalue weighted by atomic mass is 35.5. The van der Waals surface area contributed by atoms with Gasteiger partial charge in [-0.05, 0) is 58.0 Å². The van der Waals surface area contributed by atoms with Crippen LogP contribution >= 0.6 is 24.0 Å². The maximum Gasteiger partial charge on any atom is 0.256 e. The summed E-state index contributed by atoms with van der Waals surface area (Å²) in [6, 6.07) is 5.24. The van der Waals surface area contributed by atoms with Crippen molar-refractivity contribution in [1.82, 2.24) is 5.32 Å². The Morgan fingerprint density at radius 1 is 1.35 bits per heavy atom. The maximum absolute atomic E-state index is 12.6. The lowest BCUT2D eigenvalue weighted by molar-refractivity contribution is -0.140. The van der Waals surface area contributed by atoms with E-state index in [0.717, 1.165) is 13.1 Å². The number of rotatable bonds is 5. The molecule has 0 bridgehead atoms. The Balaban J connectivity index is 0.00000264. The zero-order valence-electron chi connectivity index (χ0n) is 13.6. The molecule has 0 aromatic heterocycles. The van der Waals surface area contributed by atoms with Crippen LogP contribution in [0.4, 0.5) is 5.69 Å². The number of piperidine rings is 1. The number of anilines is 1. The Bertz CT molecular complexity index is 532. The van der Waals surface area contributed by atoms with E-state index in [9.17, 15) is 4.79 Å². The number of ether oxygens (including phenoxy) is 2. The predicted octanol–water partition coefficient (Wildman–Crippen LogP) is 3.26. The summed E-state index contributed by atoms with van der Waals surface area (Å²) in [5.41, 5.74) is -0.133. The van der Waals surface area contributed by atoms with Gasteiger partial charge in [-0.25, -0.2) is 0 Å². The Labute approximate surface area is 148 Å². The van der Waals surface area contributed by atoms with Crippen molar-refractivity contribution in [1.29, 1.82) is 0 Å². The van der Waals surface area contributed by atoms with E-state index in [1.54, 1.807) is 25.3 Å². The number of methoxy groups -OCH3 is 1. The van der Waals surface area contributed by atoms with Crippen LogP contribution in [0.3, 0.4) is 0 Å². The van der Waals surface area contributed by atoms with Crippen molar-refractivity contribution in [3.8, 4) is 5.75 Å². The number of nitrogens with one attached hydrogen (secondary N) is 2. The van der Waals surface area contributed by atoms with Crippen molar-refractivity contribution in [2.75, 3.05) is 25.5 Å². The standard InChI is InChI=1S/C16H23ClN2O3.ClH/c1-11(2)22-14-5-4-12(10-13(14)17)19-15(20)16(21-3)6-8-18-9-7-16;/h4-5,10-11,18H,6-9H2,1-3H3,(H,19,20);1H. The third-order valence-electron chi connectivity index (χ3n) is 3.77. The smallest absolute Gasteiger partial charge is 0.256 e. The lowest BCUT2D eigenvalue weighted by Gasteiger charge is -2.34. The lowest BCUT2D eigenvalue weighted by Crippen LogP contribution is -2.51. The third kappa shape index (κ3) is 4.98. The van der Waals surface area contributed by atoms with Gasteiger partial charge in [0.15, 0.2) is 0 Å². The number of benzene rings is 1. The van der Waals surface area contributed by atoms with E-state index in [2.05, 4.69) is 10.6 Å². The van der Waals surface area contributed by atoms with Gasteiger partial charge in [-0.15, -0.1) is 12.4 Å². The largest absolute Gasteiger partial charge is 0.489 e. The van der Waals surface area contributed by atoms with E-state index in [1.165, 1.54) is 0 Å². The van der Waals surface area contributed by atoms with Gasteiger partial charge in [0.2, 0.25) is 0 Å². The molecule has 0 spiro atoms. The minimum absolute atomic E-state index is 0. The van der Waals surface area contributed by atoms with Gasteiger partial charge in [-0.3, -0.25) is 4.79 Å².